The van der Waals surface area contributed by atoms with Gasteiger partial charge in [0.2, 0.25) is 5.91 Å². The molecule has 86 valence electrons. The molecule has 7 nitrogen and oxygen atoms in total. The topological polar surface area (TPSA) is 118 Å². The Morgan fingerprint density at radius 3 is 2.38 bits per heavy atom. The van der Waals surface area contributed by atoms with Gasteiger partial charge in [0.05, 0.1) is 0 Å². The number of amides is 1. The van der Waals surface area contributed by atoms with Crippen LogP contribution in [0.3, 0.4) is 0 Å². The second kappa shape index (κ2) is 4.13. The number of nitrogens with two attached hydrogens (primary N) is 1. The van der Waals surface area contributed by atoms with Crippen LogP contribution in [-0.2, 0) is 4.79 Å². The summed E-state index contributed by atoms with van der Waals surface area (Å²) in [5.41, 5.74) is 4.02. The minimum atomic E-state index is -1.16. The summed E-state index contributed by atoms with van der Waals surface area (Å²) in [6.07, 6.45) is 0. The van der Waals surface area contributed by atoms with Crippen molar-refractivity contribution in [2.45, 2.75) is 19.4 Å². The number of nitrogens with one attached hydrogen (secondary N) is 1. The largest absolute Gasteiger partial charge is 0.476 e. The number of aromatic nitrogens is 2. The van der Waals surface area contributed by atoms with Gasteiger partial charge in [0.15, 0.2) is 5.69 Å². The van der Waals surface area contributed by atoms with Crippen molar-refractivity contribution in [3.63, 3.8) is 0 Å². The van der Waals surface area contributed by atoms with Crippen molar-refractivity contribution in [2.24, 2.45) is 5.73 Å². The zero-order valence-corrected chi connectivity index (χ0v) is 8.89. The van der Waals surface area contributed by atoms with E-state index in [1.54, 1.807) is 13.8 Å². The van der Waals surface area contributed by atoms with Gasteiger partial charge in [-0.25, -0.2) is 4.79 Å². The van der Waals surface area contributed by atoms with Crippen molar-refractivity contribution in [3.8, 4) is 0 Å². The lowest BCUT2D eigenvalue weighted by Crippen LogP contribution is -2.45. The average molecular weight is 224 g/mol. The van der Waals surface area contributed by atoms with Gasteiger partial charge in [0.25, 0.3) is 0 Å². The van der Waals surface area contributed by atoms with Crippen LogP contribution in [0, 0.1) is 0 Å². The zero-order chi connectivity index (χ0) is 12.3. The molecule has 1 aromatic heterocycles. The first-order valence-corrected chi connectivity index (χ1v) is 4.48. The number of carboxylic acid groups (broad SMARTS) is 1. The number of rotatable bonds is 4. The van der Waals surface area contributed by atoms with Gasteiger partial charge >= 0.3 is 5.97 Å². The minimum absolute atomic E-state index is 0.164. The molecule has 0 aromatic carbocycles. The molecule has 1 rings (SSSR count). The standard InChI is InChI=1S/C9H12N4O3/c1-9(2,8(10)16)11-6-4-3-5(7(14)15)12-13-6/h3-4H,1-2H3,(H2,10,16)(H,11,13)(H,14,15). The lowest BCUT2D eigenvalue weighted by atomic mass is 10.1. The minimum Gasteiger partial charge on any atom is -0.476 e. The van der Waals surface area contributed by atoms with E-state index < -0.39 is 17.4 Å². The normalized spacial score (nSPS) is 10.9. The summed E-state index contributed by atoms with van der Waals surface area (Å²) < 4.78 is 0. The quantitative estimate of drug-likeness (QED) is 0.654. The summed E-state index contributed by atoms with van der Waals surface area (Å²) in [6.45, 7) is 3.17. The highest BCUT2D eigenvalue weighted by atomic mass is 16.4. The molecule has 0 saturated carbocycles. The molecule has 7 heteroatoms. The van der Waals surface area contributed by atoms with Gasteiger partial charge < -0.3 is 16.2 Å². The van der Waals surface area contributed by atoms with E-state index >= 15 is 0 Å². The zero-order valence-electron chi connectivity index (χ0n) is 8.89. The second-order valence-corrected chi connectivity index (χ2v) is 3.72. The van der Waals surface area contributed by atoms with E-state index in [1.807, 2.05) is 0 Å². The fraction of sp³-hybridized carbons (Fsp3) is 0.333. The molecule has 0 radical (unpaired) electrons. The molecule has 0 unspecified atom stereocenters. The van der Waals surface area contributed by atoms with Crippen LogP contribution in [0.1, 0.15) is 24.3 Å². The average Bonchev–Trinajstić information content (AvgIpc) is 2.17. The summed E-state index contributed by atoms with van der Waals surface area (Å²) in [5.74, 6) is -1.42. The van der Waals surface area contributed by atoms with E-state index in [9.17, 15) is 9.59 Å². The summed E-state index contributed by atoms with van der Waals surface area (Å²) in [4.78, 5) is 21.5. The van der Waals surface area contributed by atoms with Gasteiger partial charge in [0.1, 0.15) is 11.4 Å². The number of primary amides is 1. The number of anilines is 1. The Bertz CT molecular complexity index is 413. The van der Waals surface area contributed by atoms with Gasteiger partial charge in [-0.3, -0.25) is 4.79 Å². The Hall–Kier alpha value is -2.18. The maximum Gasteiger partial charge on any atom is 0.356 e. The Balaban J connectivity index is 2.84. The molecule has 1 heterocycles. The molecule has 1 amide bonds. The molecule has 0 atom stereocenters. The molecule has 0 fully saturated rings. The molecule has 0 aliphatic heterocycles. The first-order valence-electron chi connectivity index (χ1n) is 4.48. The van der Waals surface area contributed by atoms with Crippen molar-refractivity contribution >= 4 is 17.7 Å². The third-order valence-corrected chi connectivity index (χ3v) is 1.94. The Morgan fingerprint density at radius 1 is 1.38 bits per heavy atom. The summed E-state index contributed by atoms with van der Waals surface area (Å²) in [5, 5.41) is 18.4. The summed E-state index contributed by atoms with van der Waals surface area (Å²) >= 11 is 0. The number of nitrogens with zero attached hydrogens (tertiary/aromatic N) is 2. The van der Waals surface area contributed by atoms with Gasteiger partial charge in [0, 0.05) is 0 Å². The van der Waals surface area contributed by atoms with Crippen molar-refractivity contribution in [3.05, 3.63) is 17.8 Å². The number of aromatic carboxylic acids is 1. The van der Waals surface area contributed by atoms with Crippen molar-refractivity contribution in [1.29, 1.82) is 0 Å². The van der Waals surface area contributed by atoms with Crippen LogP contribution < -0.4 is 11.1 Å². The van der Waals surface area contributed by atoms with Crippen LogP contribution >= 0.6 is 0 Å². The maximum absolute atomic E-state index is 11.0. The van der Waals surface area contributed by atoms with Gasteiger partial charge in [-0.1, -0.05) is 0 Å². The molecular formula is C9H12N4O3. The predicted molar refractivity (Wildman–Crippen MR) is 55.9 cm³/mol. The number of hydrogen-bond donors (Lipinski definition) is 3. The Kier molecular flexibility index (Phi) is 3.07. The molecule has 0 saturated heterocycles. The van der Waals surface area contributed by atoms with E-state index in [2.05, 4.69) is 15.5 Å². The van der Waals surface area contributed by atoms with Crippen LogP contribution in [0.2, 0.25) is 0 Å². The number of carbonyl (C=O) groups is 2. The first kappa shape index (κ1) is 11.9. The highest BCUT2D eigenvalue weighted by Gasteiger charge is 2.25. The lowest BCUT2D eigenvalue weighted by molar-refractivity contribution is -0.121. The Morgan fingerprint density at radius 2 is 2.00 bits per heavy atom. The lowest BCUT2D eigenvalue weighted by Gasteiger charge is -2.22. The second-order valence-electron chi connectivity index (χ2n) is 3.72. The molecule has 0 aliphatic carbocycles. The number of carboxylic acids is 1. The van der Waals surface area contributed by atoms with E-state index in [-0.39, 0.29) is 11.5 Å². The van der Waals surface area contributed by atoms with Crippen LogP contribution in [0.15, 0.2) is 12.1 Å². The third kappa shape index (κ3) is 2.66. The molecule has 4 N–H and O–H groups in total. The maximum atomic E-state index is 11.0. The number of hydrogen-bond acceptors (Lipinski definition) is 5. The fourth-order valence-corrected chi connectivity index (χ4v) is 0.895. The van der Waals surface area contributed by atoms with Crippen LogP contribution in [0.4, 0.5) is 5.82 Å². The Labute approximate surface area is 91.7 Å². The van der Waals surface area contributed by atoms with Crippen molar-refractivity contribution in [2.75, 3.05) is 5.32 Å². The smallest absolute Gasteiger partial charge is 0.356 e. The SMILES string of the molecule is CC(C)(Nc1ccc(C(=O)O)nn1)C(N)=O. The van der Waals surface area contributed by atoms with E-state index in [0.717, 1.165) is 0 Å². The van der Waals surface area contributed by atoms with Crippen LogP contribution in [0.5, 0.6) is 0 Å². The highest BCUT2D eigenvalue weighted by molar-refractivity contribution is 5.87. The van der Waals surface area contributed by atoms with Crippen LogP contribution in [0.25, 0.3) is 0 Å². The third-order valence-electron chi connectivity index (χ3n) is 1.94. The summed E-state index contributed by atoms with van der Waals surface area (Å²) in [7, 11) is 0. The molecule has 0 spiro atoms. The van der Waals surface area contributed by atoms with E-state index in [0.29, 0.717) is 0 Å². The van der Waals surface area contributed by atoms with Crippen LogP contribution in [-0.4, -0.2) is 32.7 Å². The van der Waals surface area contributed by atoms with E-state index in [1.165, 1.54) is 12.1 Å². The molecule has 0 aliphatic rings. The highest BCUT2D eigenvalue weighted by Crippen LogP contribution is 2.11. The van der Waals surface area contributed by atoms with Gasteiger partial charge in [-0.15, -0.1) is 10.2 Å². The van der Waals surface area contributed by atoms with Crippen molar-refractivity contribution in [1.82, 2.24) is 10.2 Å². The molecule has 1 aromatic rings. The molecule has 0 bridgehead atoms. The molecular weight excluding hydrogens is 212 g/mol. The predicted octanol–water partition coefficient (Wildman–Crippen LogP) is -0.149. The monoisotopic (exact) mass is 224 g/mol. The van der Waals surface area contributed by atoms with Gasteiger partial charge in [-0.2, -0.15) is 0 Å². The molecule has 16 heavy (non-hydrogen) atoms. The van der Waals surface area contributed by atoms with Crippen molar-refractivity contribution < 1.29 is 14.7 Å². The van der Waals surface area contributed by atoms with E-state index in [4.69, 9.17) is 10.8 Å². The first-order chi connectivity index (χ1) is 7.33. The number of carbonyl (C=O) groups excluding carboxylic acids is 1. The van der Waals surface area contributed by atoms with Gasteiger partial charge in [-0.05, 0) is 26.0 Å². The fourth-order valence-electron chi connectivity index (χ4n) is 0.895. The summed E-state index contributed by atoms with van der Waals surface area (Å²) in [6, 6.07) is 2.70.